The number of imidazole rings is 1. The summed E-state index contributed by atoms with van der Waals surface area (Å²) in [5.74, 6) is -0.132. The predicted molar refractivity (Wildman–Crippen MR) is 85.4 cm³/mol. The first-order valence-corrected chi connectivity index (χ1v) is 7.23. The SMILES string of the molecule is CC(C)c1ccc(C(N)c2cccc3[nH]c(=O)[nH]c23)cc1F. The summed E-state index contributed by atoms with van der Waals surface area (Å²) < 4.78 is 14.2. The lowest BCUT2D eigenvalue weighted by atomic mass is 9.94. The van der Waals surface area contributed by atoms with Crippen molar-refractivity contribution in [3.05, 3.63) is 69.4 Å². The fraction of sp³-hybridized carbons (Fsp3) is 0.235. The number of aromatic amines is 2. The van der Waals surface area contributed by atoms with E-state index in [2.05, 4.69) is 9.97 Å². The molecule has 0 radical (unpaired) electrons. The quantitative estimate of drug-likeness (QED) is 0.695. The first-order chi connectivity index (χ1) is 10.5. The molecule has 1 unspecified atom stereocenters. The molecular formula is C17H18FN3O. The number of para-hydroxylation sites is 1. The van der Waals surface area contributed by atoms with E-state index in [-0.39, 0.29) is 17.4 Å². The van der Waals surface area contributed by atoms with Crippen LogP contribution in [-0.2, 0) is 0 Å². The van der Waals surface area contributed by atoms with Gasteiger partial charge in [-0.1, -0.05) is 38.1 Å². The Balaban J connectivity index is 2.08. The first kappa shape index (κ1) is 14.5. The molecule has 0 saturated carbocycles. The number of nitrogens with two attached hydrogens (primary N) is 1. The van der Waals surface area contributed by atoms with Crippen LogP contribution in [0, 0.1) is 5.82 Å². The van der Waals surface area contributed by atoms with Crippen LogP contribution in [-0.4, -0.2) is 9.97 Å². The van der Waals surface area contributed by atoms with Gasteiger partial charge in [-0.3, -0.25) is 0 Å². The summed E-state index contributed by atoms with van der Waals surface area (Å²) in [7, 11) is 0. The van der Waals surface area contributed by atoms with Gasteiger partial charge < -0.3 is 15.7 Å². The third kappa shape index (κ3) is 2.44. The monoisotopic (exact) mass is 299 g/mol. The zero-order chi connectivity index (χ0) is 15.9. The van der Waals surface area contributed by atoms with Crippen molar-refractivity contribution < 1.29 is 4.39 Å². The largest absolute Gasteiger partial charge is 0.323 e. The molecule has 0 amide bonds. The minimum absolute atomic E-state index is 0.120. The van der Waals surface area contributed by atoms with E-state index in [1.165, 1.54) is 6.07 Å². The van der Waals surface area contributed by atoms with Crippen LogP contribution in [0.5, 0.6) is 0 Å². The highest BCUT2D eigenvalue weighted by atomic mass is 19.1. The van der Waals surface area contributed by atoms with Crippen molar-refractivity contribution in [3.8, 4) is 0 Å². The zero-order valence-corrected chi connectivity index (χ0v) is 12.5. The number of nitrogens with one attached hydrogen (secondary N) is 2. The highest BCUT2D eigenvalue weighted by molar-refractivity contribution is 5.79. The zero-order valence-electron chi connectivity index (χ0n) is 12.5. The van der Waals surface area contributed by atoms with Crippen molar-refractivity contribution in [3.63, 3.8) is 0 Å². The summed E-state index contributed by atoms with van der Waals surface area (Å²) in [6.45, 7) is 3.90. The van der Waals surface area contributed by atoms with Crippen molar-refractivity contribution in [2.45, 2.75) is 25.8 Å². The molecule has 2 aromatic carbocycles. The Morgan fingerprint density at radius 3 is 2.55 bits per heavy atom. The fourth-order valence-electron chi connectivity index (χ4n) is 2.72. The lowest BCUT2D eigenvalue weighted by molar-refractivity contribution is 0.594. The molecule has 0 saturated heterocycles. The number of fused-ring (bicyclic) bond motifs is 1. The summed E-state index contributed by atoms with van der Waals surface area (Å²) in [5.41, 5.74) is 9.46. The Labute approximate surface area is 127 Å². The second kappa shape index (κ2) is 5.42. The molecule has 0 bridgehead atoms. The Morgan fingerprint density at radius 2 is 1.86 bits per heavy atom. The number of hydrogen-bond donors (Lipinski definition) is 3. The summed E-state index contributed by atoms with van der Waals surface area (Å²) in [5, 5.41) is 0. The van der Waals surface area contributed by atoms with Crippen molar-refractivity contribution in [2.75, 3.05) is 0 Å². The lowest BCUT2D eigenvalue weighted by Crippen LogP contribution is -2.13. The van der Waals surface area contributed by atoms with E-state index in [0.29, 0.717) is 22.2 Å². The average molecular weight is 299 g/mol. The number of rotatable bonds is 3. The second-order valence-corrected chi connectivity index (χ2v) is 5.76. The van der Waals surface area contributed by atoms with Crippen LogP contribution in [0.1, 0.15) is 42.5 Å². The molecule has 1 heterocycles. The highest BCUT2D eigenvalue weighted by Crippen LogP contribution is 2.27. The van der Waals surface area contributed by atoms with Crippen LogP contribution in [0.2, 0.25) is 0 Å². The molecule has 3 rings (SSSR count). The topological polar surface area (TPSA) is 74.7 Å². The maximum absolute atomic E-state index is 14.2. The standard InChI is InChI=1S/C17H18FN3O/c1-9(2)11-7-6-10(8-13(11)18)15(19)12-4-3-5-14-16(12)21-17(22)20-14/h3-9,15H,19H2,1-2H3,(H2,20,21,22). The Kier molecular flexibility index (Phi) is 3.58. The fourth-order valence-corrected chi connectivity index (χ4v) is 2.72. The van der Waals surface area contributed by atoms with E-state index >= 15 is 0 Å². The van der Waals surface area contributed by atoms with E-state index < -0.39 is 6.04 Å². The van der Waals surface area contributed by atoms with Gasteiger partial charge in [0.2, 0.25) is 0 Å². The Bertz CT molecular complexity index is 879. The summed E-state index contributed by atoms with van der Waals surface area (Å²) in [4.78, 5) is 16.9. The van der Waals surface area contributed by atoms with Crippen molar-refractivity contribution in [1.82, 2.24) is 9.97 Å². The van der Waals surface area contributed by atoms with E-state index in [9.17, 15) is 9.18 Å². The van der Waals surface area contributed by atoms with Crippen molar-refractivity contribution in [1.29, 1.82) is 0 Å². The van der Waals surface area contributed by atoms with E-state index in [1.54, 1.807) is 12.1 Å². The van der Waals surface area contributed by atoms with Crippen LogP contribution in [0.3, 0.4) is 0 Å². The first-order valence-electron chi connectivity index (χ1n) is 7.23. The van der Waals surface area contributed by atoms with Crippen molar-refractivity contribution in [2.24, 2.45) is 5.73 Å². The molecule has 1 atom stereocenters. The second-order valence-electron chi connectivity index (χ2n) is 5.76. The molecule has 0 spiro atoms. The van der Waals surface area contributed by atoms with Crippen LogP contribution >= 0.6 is 0 Å². The van der Waals surface area contributed by atoms with Gasteiger partial charge in [0.15, 0.2) is 0 Å². The number of hydrogen-bond acceptors (Lipinski definition) is 2. The molecule has 114 valence electrons. The van der Waals surface area contributed by atoms with Gasteiger partial charge in [-0.2, -0.15) is 0 Å². The third-order valence-corrected chi connectivity index (χ3v) is 3.92. The molecule has 0 aliphatic rings. The number of aromatic nitrogens is 2. The van der Waals surface area contributed by atoms with Gasteiger partial charge in [-0.05, 0) is 34.7 Å². The Hall–Kier alpha value is -2.40. The summed E-state index contributed by atoms with van der Waals surface area (Å²) in [6.07, 6.45) is 0. The maximum Gasteiger partial charge on any atom is 0.323 e. The smallest absolute Gasteiger partial charge is 0.320 e. The molecule has 22 heavy (non-hydrogen) atoms. The minimum atomic E-state index is -0.508. The molecule has 0 fully saturated rings. The van der Waals surface area contributed by atoms with Gasteiger partial charge >= 0.3 is 5.69 Å². The van der Waals surface area contributed by atoms with Gasteiger partial charge in [0.1, 0.15) is 5.82 Å². The molecule has 4 N–H and O–H groups in total. The van der Waals surface area contributed by atoms with E-state index in [1.807, 2.05) is 32.0 Å². The van der Waals surface area contributed by atoms with E-state index in [0.717, 1.165) is 5.56 Å². The lowest BCUT2D eigenvalue weighted by Gasteiger charge is -2.15. The normalized spacial score (nSPS) is 13.0. The molecule has 5 heteroatoms. The maximum atomic E-state index is 14.2. The van der Waals surface area contributed by atoms with Crippen LogP contribution in [0.15, 0.2) is 41.2 Å². The van der Waals surface area contributed by atoms with Gasteiger partial charge in [0.05, 0.1) is 17.1 Å². The molecule has 0 aliphatic heterocycles. The number of H-pyrrole nitrogens is 2. The molecule has 3 aromatic rings. The van der Waals surface area contributed by atoms with Gasteiger partial charge in [0, 0.05) is 0 Å². The molecular weight excluding hydrogens is 281 g/mol. The van der Waals surface area contributed by atoms with Crippen molar-refractivity contribution >= 4 is 11.0 Å². The van der Waals surface area contributed by atoms with Gasteiger partial charge in [-0.15, -0.1) is 0 Å². The average Bonchev–Trinajstić information content (AvgIpc) is 2.85. The van der Waals surface area contributed by atoms with E-state index in [4.69, 9.17) is 5.73 Å². The molecule has 1 aromatic heterocycles. The summed E-state index contributed by atoms with van der Waals surface area (Å²) in [6, 6.07) is 10.0. The minimum Gasteiger partial charge on any atom is -0.320 e. The molecule has 4 nitrogen and oxygen atoms in total. The van der Waals surface area contributed by atoms with Crippen LogP contribution in [0.25, 0.3) is 11.0 Å². The number of benzene rings is 2. The molecule has 0 aliphatic carbocycles. The summed E-state index contributed by atoms with van der Waals surface area (Å²) >= 11 is 0. The predicted octanol–water partition coefficient (Wildman–Crippen LogP) is 3.17. The van der Waals surface area contributed by atoms with Crippen LogP contribution in [0.4, 0.5) is 4.39 Å². The van der Waals surface area contributed by atoms with Crippen LogP contribution < -0.4 is 11.4 Å². The third-order valence-electron chi connectivity index (χ3n) is 3.92. The highest BCUT2D eigenvalue weighted by Gasteiger charge is 2.16. The Morgan fingerprint density at radius 1 is 1.09 bits per heavy atom. The van der Waals surface area contributed by atoms with Gasteiger partial charge in [0.25, 0.3) is 0 Å². The number of halogens is 1. The van der Waals surface area contributed by atoms with Gasteiger partial charge in [-0.25, -0.2) is 9.18 Å².